The van der Waals surface area contributed by atoms with Gasteiger partial charge in [0.25, 0.3) is 0 Å². The predicted molar refractivity (Wildman–Crippen MR) is 76.0 cm³/mol. The monoisotopic (exact) mass is 261 g/mol. The standard InChI is InChI=1S/C16H23NO2/c1-19-16(18)12-17-11-13-7-9-15(10-8-13)14-5-3-2-4-6-14/h7-10,14,17H,2-6,11-12H2,1H3. The second-order valence-electron chi connectivity index (χ2n) is 5.26. The molecule has 19 heavy (non-hydrogen) atoms. The van der Waals surface area contributed by atoms with Crippen molar-refractivity contribution < 1.29 is 9.53 Å². The predicted octanol–water partition coefficient (Wildman–Crippen LogP) is 3.00. The van der Waals surface area contributed by atoms with Crippen LogP contribution in [0.25, 0.3) is 0 Å². The van der Waals surface area contributed by atoms with Gasteiger partial charge in [0.15, 0.2) is 0 Å². The minimum absolute atomic E-state index is 0.223. The zero-order valence-corrected chi connectivity index (χ0v) is 11.7. The summed E-state index contributed by atoms with van der Waals surface area (Å²) in [6, 6.07) is 8.80. The quantitative estimate of drug-likeness (QED) is 0.828. The molecule has 0 spiro atoms. The van der Waals surface area contributed by atoms with Crippen LogP contribution in [0.15, 0.2) is 24.3 Å². The van der Waals surface area contributed by atoms with Crippen LogP contribution >= 0.6 is 0 Å². The minimum atomic E-state index is -0.223. The van der Waals surface area contributed by atoms with E-state index < -0.39 is 0 Å². The molecule has 0 radical (unpaired) electrons. The number of benzene rings is 1. The Balaban J connectivity index is 1.82. The number of carbonyl (C=O) groups is 1. The van der Waals surface area contributed by atoms with Crippen LogP contribution in [-0.2, 0) is 16.1 Å². The lowest BCUT2D eigenvalue weighted by molar-refractivity contribution is -0.139. The number of methoxy groups -OCH3 is 1. The molecule has 1 fully saturated rings. The summed E-state index contributed by atoms with van der Waals surface area (Å²) in [6.07, 6.45) is 6.80. The SMILES string of the molecule is COC(=O)CNCc1ccc(C2CCCCC2)cc1. The fraction of sp³-hybridized carbons (Fsp3) is 0.562. The molecule has 3 heteroatoms. The molecule has 0 unspecified atom stereocenters. The van der Waals surface area contributed by atoms with Gasteiger partial charge in [-0.2, -0.15) is 0 Å². The first kappa shape index (κ1) is 14.1. The largest absolute Gasteiger partial charge is 0.468 e. The third-order valence-corrected chi connectivity index (χ3v) is 3.88. The van der Waals surface area contributed by atoms with Crippen LogP contribution in [-0.4, -0.2) is 19.6 Å². The summed E-state index contributed by atoms with van der Waals surface area (Å²) in [6.45, 7) is 0.973. The van der Waals surface area contributed by atoms with Gasteiger partial charge in [-0.3, -0.25) is 4.79 Å². The highest BCUT2D eigenvalue weighted by atomic mass is 16.5. The molecule has 0 aromatic heterocycles. The Labute approximate surface area is 115 Å². The van der Waals surface area contributed by atoms with E-state index in [0.717, 1.165) is 5.92 Å². The van der Waals surface area contributed by atoms with Crippen molar-refractivity contribution in [1.82, 2.24) is 5.32 Å². The first-order valence-corrected chi connectivity index (χ1v) is 7.16. The molecule has 1 aliphatic rings. The van der Waals surface area contributed by atoms with Gasteiger partial charge in [0.2, 0.25) is 0 Å². The summed E-state index contributed by atoms with van der Waals surface area (Å²) in [5.74, 6) is 0.532. The van der Waals surface area contributed by atoms with Crippen molar-refractivity contribution in [3.05, 3.63) is 35.4 Å². The lowest BCUT2D eigenvalue weighted by Gasteiger charge is -2.22. The van der Waals surface area contributed by atoms with Gasteiger partial charge in [-0.1, -0.05) is 43.5 Å². The number of esters is 1. The molecule has 1 aromatic carbocycles. The topological polar surface area (TPSA) is 38.3 Å². The van der Waals surface area contributed by atoms with Crippen LogP contribution in [0.3, 0.4) is 0 Å². The zero-order valence-electron chi connectivity index (χ0n) is 11.7. The number of rotatable bonds is 5. The fourth-order valence-corrected chi connectivity index (χ4v) is 2.72. The summed E-state index contributed by atoms with van der Waals surface area (Å²) >= 11 is 0. The molecule has 1 saturated carbocycles. The highest BCUT2D eigenvalue weighted by Gasteiger charge is 2.14. The van der Waals surface area contributed by atoms with E-state index in [1.54, 1.807) is 0 Å². The molecule has 0 atom stereocenters. The molecule has 0 saturated heterocycles. The third kappa shape index (κ3) is 4.35. The van der Waals surface area contributed by atoms with Gasteiger partial charge in [-0.25, -0.2) is 0 Å². The van der Waals surface area contributed by atoms with E-state index >= 15 is 0 Å². The summed E-state index contributed by atoms with van der Waals surface area (Å²) in [5.41, 5.74) is 2.68. The number of ether oxygens (including phenoxy) is 1. The van der Waals surface area contributed by atoms with Gasteiger partial charge < -0.3 is 10.1 Å². The van der Waals surface area contributed by atoms with E-state index in [2.05, 4.69) is 34.3 Å². The van der Waals surface area contributed by atoms with Crippen molar-refractivity contribution in [3.8, 4) is 0 Å². The lowest BCUT2D eigenvalue weighted by Crippen LogP contribution is -2.23. The highest BCUT2D eigenvalue weighted by Crippen LogP contribution is 2.32. The van der Waals surface area contributed by atoms with Crippen LogP contribution < -0.4 is 5.32 Å². The summed E-state index contributed by atoms with van der Waals surface area (Å²) < 4.78 is 4.59. The molecule has 1 N–H and O–H groups in total. The first-order chi connectivity index (χ1) is 9.29. The van der Waals surface area contributed by atoms with Crippen LogP contribution in [0.2, 0.25) is 0 Å². The molecular weight excluding hydrogens is 238 g/mol. The van der Waals surface area contributed by atoms with Gasteiger partial charge in [0, 0.05) is 6.54 Å². The number of nitrogens with one attached hydrogen (secondary N) is 1. The van der Waals surface area contributed by atoms with Crippen molar-refractivity contribution in [2.24, 2.45) is 0 Å². The minimum Gasteiger partial charge on any atom is -0.468 e. The van der Waals surface area contributed by atoms with E-state index in [-0.39, 0.29) is 12.5 Å². The van der Waals surface area contributed by atoms with Crippen molar-refractivity contribution in [3.63, 3.8) is 0 Å². The Morgan fingerprint density at radius 2 is 1.89 bits per heavy atom. The third-order valence-electron chi connectivity index (χ3n) is 3.88. The van der Waals surface area contributed by atoms with E-state index in [1.165, 1.54) is 50.3 Å². The summed E-state index contributed by atoms with van der Waals surface area (Å²) in [5, 5.41) is 3.08. The zero-order chi connectivity index (χ0) is 13.5. The Morgan fingerprint density at radius 3 is 2.53 bits per heavy atom. The molecule has 0 heterocycles. The normalized spacial score (nSPS) is 16.3. The van der Waals surface area contributed by atoms with Gasteiger partial charge in [0.05, 0.1) is 13.7 Å². The number of carbonyl (C=O) groups excluding carboxylic acids is 1. The smallest absolute Gasteiger partial charge is 0.319 e. The van der Waals surface area contributed by atoms with E-state index in [1.807, 2.05) is 0 Å². The lowest BCUT2D eigenvalue weighted by atomic mass is 9.84. The van der Waals surface area contributed by atoms with Crippen LogP contribution in [0, 0.1) is 0 Å². The van der Waals surface area contributed by atoms with Crippen molar-refractivity contribution >= 4 is 5.97 Å². The Hall–Kier alpha value is -1.35. The maximum Gasteiger partial charge on any atom is 0.319 e. The maximum absolute atomic E-state index is 11.0. The van der Waals surface area contributed by atoms with Crippen molar-refractivity contribution in [2.75, 3.05) is 13.7 Å². The first-order valence-electron chi connectivity index (χ1n) is 7.16. The van der Waals surface area contributed by atoms with Gasteiger partial charge in [-0.05, 0) is 29.9 Å². The highest BCUT2D eigenvalue weighted by molar-refractivity contribution is 5.71. The molecular formula is C16H23NO2. The fourth-order valence-electron chi connectivity index (χ4n) is 2.72. The summed E-state index contributed by atoms with van der Waals surface area (Å²) in [4.78, 5) is 11.0. The molecule has 1 aliphatic carbocycles. The van der Waals surface area contributed by atoms with Crippen molar-refractivity contribution in [2.45, 2.75) is 44.6 Å². The Bertz CT molecular complexity index is 394. The molecule has 3 nitrogen and oxygen atoms in total. The second-order valence-corrected chi connectivity index (χ2v) is 5.26. The van der Waals surface area contributed by atoms with E-state index in [9.17, 15) is 4.79 Å². The molecule has 0 aliphatic heterocycles. The van der Waals surface area contributed by atoms with Gasteiger partial charge >= 0.3 is 5.97 Å². The second kappa shape index (κ2) is 7.29. The van der Waals surface area contributed by atoms with Gasteiger partial charge in [0.1, 0.15) is 0 Å². The Kier molecular flexibility index (Phi) is 5.40. The average Bonchev–Trinajstić information content (AvgIpc) is 2.48. The molecule has 1 aromatic rings. The van der Waals surface area contributed by atoms with Crippen LogP contribution in [0.5, 0.6) is 0 Å². The van der Waals surface area contributed by atoms with Gasteiger partial charge in [-0.15, -0.1) is 0 Å². The Morgan fingerprint density at radius 1 is 1.21 bits per heavy atom. The van der Waals surface area contributed by atoms with E-state index in [0.29, 0.717) is 6.54 Å². The maximum atomic E-state index is 11.0. The van der Waals surface area contributed by atoms with E-state index in [4.69, 9.17) is 0 Å². The molecule has 2 rings (SSSR count). The number of hydrogen-bond donors (Lipinski definition) is 1. The van der Waals surface area contributed by atoms with Crippen LogP contribution in [0.4, 0.5) is 0 Å². The summed E-state index contributed by atoms with van der Waals surface area (Å²) in [7, 11) is 1.41. The average molecular weight is 261 g/mol. The number of hydrogen-bond acceptors (Lipinski definition) is 3. The molecule has 104 valence electrons. The molecule has 0 bridgehead atoms. The van der Waals surface area contributed by atoms with Crippen molar-refractivity contribution in [1.29, 1.82) is 0 Å². The molecule has 0 amide bonds. The van der Waals surface area contributed by atoms with Crippen LogP contribution in [0.1, 0.15) is 49.1 Å².